The number of hydrogen-bond acceptors (Lipinski definition) is 6. The van der Waals surface area contributed by atoms with Crippen molar-refractivity contribution < 1.29 is 18.7 Å². The fourth-order valence-corrected chi connectivity index (χ4v) is 3.39. The van der Waals surface area contributed by atoms with Crippen molar-refractivity contribution in [3.63, 3.8) is 0 Å². The second kappa shape index (κ2) is 7.15. The molecule has 4 heterocycles. The van der Waals surface area contributed by atoms with Gasteiger partial charge in [-0.25, -0.2) is 23.9 Å². The van der Waals surface area contributed by atoms with Gasteiger partial charge in [0.15, 0.2) is 17.4 Å². The summed E-state index contributed by atoms with van der Waals surface area (Å²) < 4.78 is 21.4. The Kier molecular flexibility index (Phi) is 4.65. The molecule has 0 radical (unpaired) electrons. The molecule has 2 aromatic rings. The lowest BCUT2D eigenvalue weighted by molar-refractivity contribution is 0.0300. The minimum atomic E-state index is -0.626. The van der Waals surface area contributed by atoms with Crippen LogP contribution in [-0.2, 0) is 0 Å². The lowest BCUT2D eigenvalue weighted by Gasteiger charge is -2.39. The number of hydrogen-bond donors (Lipinski definition) is 1. The Morgan fingerprint density at radius 1 is 1.31 bits per heavy atom. The Morgan fingerprint density at radius 3 is 2.69 bits per heavy atom. The smallest absolute Gasteiger partial charge is 0.340 e. The molecule has 0 spiro atoms. The molecule has 2 N–H and O–H groups in total. The molecule has 0 saturated carbocycles. The van der Waals surface area contributed by atoms with E-state index in [-0.39, 0.29) is 17.9 Å². The summed E-state index contributed by atoms with van der Waals surface area (Å²) in [4.78, 5) is 29.4. The number of amides is 3. The number of rotatable bonds is 4. The van der Waals surface area contributed by atoms with E-state index in [4.69, 9.17) is 10.5 Å². The summed E-state index contributed by atoms with van der Waals surface area (Å²) in [5.41, 5.74) is 6.66. The summed E-state index contributed by atoms with van der Waals surface area (Å²) in [7, 11) is 0. The van der Waals surface area contributed by atoms with Crippen LogP contribution in [0.3, 0.4) is 0 Å². The molecule has 2 aliphatic rings. The molecule has 3 amide bonds. The fraction of sp³-hybridized carbons (Fsp3) is 0.389. The average molecular weight is 401 g/mol. The number of nitrogens with two attached hydrogens (primary N) is 1. The lowest BCUT2D eigenvalue weighted by Crippen LogP contribution is -2.58. The van der Waals surface area contributed by atoms with E-state index < -0.39 is 11.7 Å². The highest BCUT2D eigenvalue weighted by molar-refractivity contribution is 5.95. The van der Waals surface area contributed by atoms with Crippen LogP contribution in [0.2, 0.25) is 0 Å². The molecule has 4 rings (SSSR count). The zero-order valence-corrected chi connectivity index (χ0v) is 16.0. The molecule has 11 heteroatoms. The Morgan fingerprint density at radius 2 is 2.07 bits per heavy atom. The highest BCUT2D eigenvalue weighted by atomic mass is 19.1. The molecule has 1 saturated heterocycles. The summed E-state index contributed by atoms with van der Waals surface area (Å²) >= 11 is 0. The number of aryl methyl sites for hydroxylation is 1. The minimum absolute atomic E-state index is 0.000490. The number of nitrogens with zero attached hydrogens (tertiary/aromatic N) is 6. The number of likely N-dealkylation sites (tertiary alicyclic amines) is 1. The predicted octanol–water partition coefficient (Wildman–Crippen LogP) is 0.997. The molecule has 0 aromatic carbocycles. The van der Waals surface area contributed by atoms with E-state index in [9.17, 15) is 14.0 Å². The van der Waals surface area contributed by atoms with Crippen LogP contribution in [0.15, 0.2) is 17.4 Å². The maximum Gasteiger partial charge on any atom is 0.340 e. The molecule has 1 fully saturated rings. The van der Waals surface area contributed by atoms with Crippen LogP contribution >= 0.6 is 0 Å². The molecular formula is C18H20FN7O3. The Labute approximate surface area is 165 Å². The fourth-order valence-electron chi connectivity index (χ4n) is 3.39. The zero-order valence-electron chi connectivity index (χ0n) is 16.0. The number of carbonyl (C=O) groups excluding carboxylic acids is 2. The summed E-state index contributed by atoms with van der Waals surface area (Å²) in [5.74, 6) is -0.918. The number of carbonyl (C=O) groups is 2. The molecule has 2 aliphatic heterocycles. The summed E-state index contributed by atoms with van der Waals surface area (Å²) in [6.07, 6.45) is 3.14. The molecule has 2 aromatic heterocycles. The van der Waals surface area contributed by atoms with Crippen LogP contribution < -0.4 is 10.5 Å². The van der Waals surface area contributed by atoms with Gasteiger partial charge in [0.1, 0.15) is 6.10 Å². The maximum atomic E-state index is 14.2. The minimum Gasteiger partial charge on any atom is -0.483 e. The second-order valence-electron chi connectivity index (χ2n) is 6.93. The van der Waals surface area contributed by atoms with E-state index in [1.54, 1.807) is 25.0 Å². The van der Waals surface area contributed by atoms with Gasteiger partial charge in [-0.15, -0.1) is 0 Å². The van der Waals surface area contributed by atoms with Crippen molar-refractivity contribution in [1.29, 1.82) is 0 Å². The largest absolute Gasteiger partial charge is 0.483 e. The first-order chi connectivity index (χ1) is 13.8. The molecule has 0 atom stereocenters. The van der Waals surface area contributed by atoms with Gasteiger partial charge in [0.05, 0.1) is 42.8 Å². The summed E-state index contributed by atoms with van der Waals surface area (Å²) in [5, 5.41) is 9.67. The van der Waals surface area contributed by atoms with Crippen molar-refractivity contribution in [2.75, 3.05) is 19.6 Å². The summed E-state index contributed by atoms with van der Waals surface area (Å²) in [6.45, 7) is 4.59. The van der Waals surface area contributed by atoms with Gasteiger partial charge < -0.3 is 15.4 Å². The average Bonchev–Trinajstić information content (AvgIpc) is 3.27. The third-order valence-corrected chi connectivity index (χ3v) is 4.88. The number of primary amides is 1. The molecular weight excluding hydrogens is 381 g/mol. The molecule has 152 valence electrons. The lowest BCUT2D eigenvalue weighted by atomic mass is 10.2. The number of ether oxygens (including phenoxy) is 1. The standard InChI is InChI=1S/C18H20FN7O3/c1-10-16(17(20)27)11(2)26(23-10)15-6-14(13(19)7-21-15)29-12-8-24(9-12)18(28)25-5-3-4-22-25/h4,6-7,12H,3,5,8-9H2,1-2H3,(H2,20,27). The highest BCUT2D eigenvalue weighted by Gasteiger charge is 2.36. The highest BCUT2D eigenvalue weighted by Crippen LogP contribution is 2.25. The number of hydrazone groups is 1. The number of aromatic nitrogens is 3. The topological polar surface area (TPSA) is 119 Å². The van der Waals surface area contributed by atoms with Gasteiger partial charge in [0.25, 0.3) is 5.91 Å². The number of pyridine rings is 1. The van der Waals surface area contributed by atoms with E-state index in [1.807, 2.05) is 0 Å². The van der Waals surface area contributed by atoms with Gasteiger partial charge in [0.2, 0.25) is 0 Å². The Balaban J connectivity index is 1.48. The van der Waals surface area contributed by atoms with Crippen molar-refractivity contribution in [3.05, 3.63) is 35.0 Å². The number of halogens is 1. The van der Waals surface area contributed by atoms with Gasteiger partial charge >= 0.3 is 6.03 Å². The van der Waals surface area contributed by atoms with Crippen LogP contribution in [0, 0.1) is 19.7 Å². The first kappa shape index (κ1) is 18.8. The van der Waals surface area contributed by atoms with E-state index in [0.717, 1.165) is 12.6 Å². The van der Waals surface area contributed by atoms with Gasteiger partial charge in [-0.3, -0.25) is 4.79 Å². The van der Waals surface area contributed by atoms with Gasteiger partial charge in [-0.1, -0.05) is 0 Å². The van der Waals surface area contributed by atoms with Crippen molar-refractivity contribution in [2.24, 2.45) is 10.8 Å². The third kappa shape index (κ3) is 3.39. The molecule has 0 unspecified atom stereocenters. The van der Waals surface area contributed by atoms with Crippen LogP contribution in [-0.4, -0.2) is 68.6 Å². The number of urea groups is 1. The molecule has 29 heavy (non-hydrogen) atoms. The van der Waals surface area contributed by atoms with Gasteiger partial charge in [0, 0.05) is 18.7 Å². The van der Waals surface area contributed by atoms with Gasteiger partial charge in [-0.05, 0) is 13.8 Å². The second-order valence-corrected chi connectivity index (χ2v) is 6.93. The van der Waals surface area contributed by atoms with Gasteiger partial charge in [-0.2, -0.15) is 10.2 Å². The monoisotopic (exact) mass is 401 g/mol. The van der Waals surface area contributed by atoms with Crippen LogP contribution in [0.5, 0.6) is 5.75 Å². The van der Waals surface area contributed by atoms with E-state index >= 15 is 0 Å². The van der Waals surface area contributed by atoms with E-state index in [0.29, 0.717) is 42.4 Å². The quantitative estimate of drug-likeness (QED) is 0.820. The van der Waals surface area contributed by atoms with E-state index in [2.05, 4.69) is 15.2 Å². The Bertz CT molecular complexity index is 1010. The summed E-state index contributed by atoms with van der Waals surface area (Å²) in [6, 6.07) is 1.23. The first-order valence-corrected chi connectivity index (χ1v) is 9.12. The van der Waals surface area contributed by atoms with Crippen LogP contribution in [0.1, 0.15) is 28.2 Å². The van der Waals surface area contributed by atoms with Crippen molar-refractivity contribution >= 4 is 18.2 Å². The van der Waals surface area contributed by atoms with Crippen molar-refractivity contribution in [2.45, 2.75) is 26.4 Å². The van der Waals surface area contributed by atoms with Crippen LogP contribution in [0.25, 0.3) is 5.82 Å². The van der Waals surface area contributed by atoms with Crippen LogP contribution in [0.4, 0.5) is 9.18 Å². The molecule has 0 bridgehead atoms. The normalized spacial score (nSPS) is 16.2. The zero-order chi connectivity index (χ0) is 20.7. The maximum absolute atomic E-state index is 14.2. The third-order valence-electron chi connectivity index (χ3n) is 4.88. The Hall–Kier alpha value is -3.50. The first-order valence-electron chi connectivity index (χ1n) is 9.12. The van der Waals surface area contributed by atoms with Crippen molar-refractivity contribution in [3.8, 4) is 11.6 Å². The van der Waals surface area contributed by atoms with Crippen molar-refractivity contribution in [1.82, 2.24) is 24.7 Å². The molecule has 0 aliphatic carbocycles. The predicted molar refractivity (Wildman–Crippen MR) is 101 cm³/mol. The SMILES string of the molecule is Cc1nn(-c2cc(OC3CN(C(=O)N4CCC=N4)C3)c(F)cn2)c(C)c1C(N)=O. The van der Waals surface area contributed by atoms with E-state index in [1.165, 1.54) is 15.8 Å². The molecule has 10 nitrogen and oxygen atoms in total.